The van der Waals surface area contributed by atoms with Gasteiger partial charge in [0, 0.05) is 23.6 Å². The minimum Gasteiger partial charge on any atom is -0.469 e. The second-order valence-electron chi connectivity index (χ2n) is 5.73. The lowest BCUT2D eigenvalue weighted by molar-refractivity contribution is -0.143. The van der Waals surface area contributed by atoms with Gasteiger partial charge in [-0.3, -0.25) is 4.79 Å². The van der Waals surface area contributed by atoms with Crippen LogP contribution in [-0.4, -0.2) is 42.6 Å². The number of likely N-dealkylation sites (tertiary alicyclic amines) is 1. The van der Waals surface area contributed by atoms with E-state index in [0.717, 1.165) is 36.1 Å². The van der Waals surface area contributed by atoms with Crippen molar-refractivity contribution in [1.29, 1.82) is 0 Å². The highest BCUT2D eigenvalue weighted by Crippen LogP contribution is 2.28. The number of carbonyl (C=O) groups excluding carboxylic acids is 1. The van der Waals surface area contributed by atoms with Gasteiger partial charge in [-0.05, 0) is 37.6 Å². The van der Waals surface area contributed by atoms with Gasteiger partial charge in [-0.25, -0.2) is 0 Å². The van der Waals surface area contributed by atoms with Gasteiger partial charge >= 0.3 is 5.97 Å². The molecule has 112 valence electrons. The smallest absolute Gasteiger partial charge is 0.314 e. The number of benzene rings is 1. The zero-order valence-corrected chi connectivity index (χ0v) is 12.5. The number of ether oxygens (including phenoxy) is 1. The van der Waals surface area contributed by atoms with E-state index in [4.69, 9.17) is 4.74 Å². The maximum absolute atomic E-state index is 12.3. The molecule has 1 aromatic heterocycles. The predicted molar refractivity (Wildman–Crippen MR) is 83.3 cm³/mol. The molecule has 2 aromatic rings. The molecule has 1 fully saturated rings. The summed E-state index contributed by atoms with van der Waals surface area (Å²) in [4.78, 5) is 17.9. The summed E-state index contributed by atoms with van der Waals surface area (Å²) in [7, 11) is 1.47. The Morgan fingerprint density at radius 2 is 2.05 bits per heavy atom. The topological polar surface area (TPSA) is 45.3 Å². The molecule has 4 nitrogen and oxygen atoms in total. The predicted octanol–water partition coefficient (Wildman–Crippen LogP) is 2.91. The molecule has 1 aromatic carbocycles. The standard InChI is InChI=1S/C17H22N2O2/c1-21-17(20)15(12-19-9-5-2-6-10-19)14-11-18-16-8-4-3-7-13(14)16/h3-4,7-8,11,15,18H,2,5-6,9-10,12H2,1H3. The van der Waals surface area contributed by atoms with Gasteiger partial charge in [0.1, 0.15) is 0 Å². The molecule has 2 heterocycles. The maximum atomic E-state index is 12.3. The first-order valence-corrected chi connectivity index (χ1v) is 7.66. The van der Waals surface area contributed by atoms with Crippen LogP contribution in [0.15, 0.2) is 30.5 Å². The zero-order chi connectivity index (χ0) is 14.7. The molecule has 1 aliphatic rings. The summed E-state index contributed by atoms with van der Waals surface area (Å²) in [6.07, 6.45) is 5.70. The Labute approximate surface area is 125 Å². The number of nitrogens with zero attached hydrogens (tertiary/aromatic N) is 1. The van der Waals surface area contributed by atoms with Gasteiger partial charge in [0.25, 0.3) is 0 Å². The number of fused-ring (bicyclic) bond motifs is 1. The number of esters is 1. The third-order valence-corrected chi connectivity index (χ3v) is 4.37. The number of aromatic nitrogens is 1. The van der Waals surface area contributed by atoms with Crippen molar-refractivity contribution in [2.45, 2.75) is 25.2 Å². The molecule has 1 unspecified atom stereocenters. The first-order valence-electron chi connectivity index (χ1n) is 7.66. The van der Waals surface area contributed by atoms with Crippen LogP contribution in [0.1, 0.15) is 30.7 Å². The number of carbonyl (C=O) groups is 1. The summed E-state index contributed by atoms with van der Waals surface area (Å²) >= 11 is 0. The molecule has 1 N–H and O–H groups in total. The van der Waals surface area contributed by atoms with Crippen LogP contribution in [0, 0.1) is 0 Å². The Bertz CT molecular complexity index is 614. The van der Waals surface area contributed by atoms with Crippen molar-refractivity contribution in [3.05, 3.63) is 36.0 Å². The number of hydrogen-bond acceptors (Lipinski definition) is 3. The molecular formula is C17H22N2O2. The molecule has 1 aliphatic heterocycles. The normalized spacial score (nSPS) is 17.8. The van der Waals surface area contributed by atoms with Crippen molar-refractivity contribution in [3.8, 4) is 0 Å². The highest BCUT2D eigenvalue weighted by Gasteiger charge is 2.27. The molecule has 0 amide bonds. The van der Waals surface area contributed by atoms with E-state index in [1.54, 1.807) is 0 Å². The van der Waals surface area contributed by atoms with Crippen molar-refractivity contribution in [3.63, 3.8) is 0 Å². The van der Waals surface area contributed by atoms with E-state index in [0.29, 0.717) is 0 Å². The van der Waals surface area contributed by atoms with E-state index in [9.17, 15) is 4.79 Å². The van der Waals surface area contributed by atoms with E-state index < -0.39 is 0 Å². The van der Waals surface area contributed by atoms with E-state index in [1.807, 2.05) is 24.4 Å². The Hall–Kier alpha value is -1.81. The van der Waals surface area contributed by atoms with Gasteiger partial charge in [0.05, 0.1) is 13.0 Å². The molecule has 0 bridgehead atoms. The monoisotopic (exact) mass is 286 g/mol. The summed E-state index contributed by atoms with van der Waals surface area (Å²) < 4.78 is 5.05. The number of hydrogen-bond donors (Lipinski definition) is 1. The average Bonchev–Trinajstić information content (AvgIpc) is 2.97. The van der Waals surface area contributed by atoms with Crippen LogP contribution >= 0.6 is 0 Å². The Kier molecular flexibility index (Phi) is 4.25. The molecular weight excluding hydrogens is 264 g/mol. The third-order valence-electron chi connectivity index (χ3n) is 4.37. The van der Waals surface area contributed by atoms with Crippen LogP contribution in [0.4, 0.5) is 0 Å². The molecule has 0 aliphatic carbocycles. The SMILES string of the molecule is COC(=O)C(CN1CCCCC1)c1c[nH]c2ccccc12. The Balaban J connectivity index is 1.89. The summed E-state index contributed by atoms with van der Waals surface area (Å²) in [6, 6.07) is 8.11. The van der Waals surface area contributed by atoms with Crippen LogP contribution in [0.5, 0.6) is 0 Å². The molecule has 1 atom stereocenters. The van der Waals surface area contributed by atoms with E-state index in [1.165, 1.54) is 26.4 Å². The van der Waals surface area contributed by atoms with Gasteiger partial charge in [-0.1, -0.05) is 24.6 Å². The van der Waals surface area contributed by atoms with Crippen LogP contribution in [0.2, 0.25) is 0 Å². The number of aromatic amines is 1. The summed E-state index contributed by atoms with van der Waals surface area (Å²) in [5.41, 5.74) is 2.11. The quantitative estimate of drug-likeness (QED) is 0.879. The molecule has 21 heavy (non-hydrogen) atoms. The van der Waals surface area contributed by atoms with Gasteiger partial charge in [0.2, 0.25) is 0 Å². The van der Waals surface area contributed by atoms with Crippen LogP contribution in [-0.2, 0) is 9.53 Å². The van der Waals surface area contributed by atoms with Crippen LogP contribution in [0.3, 0.4) is 0 Å². The zero-order valence-electron chi connectivity index (χ0n) is 12.5. The van der Waals surface area contributed by atoms with Crippen LogP contribution < -0.4 is 0 Å². The van der Waals surface area contributed by atoms with E-state index >= 15 is 0 Å². The fourth-order valence-corrected chi connectivity index (χ4v) is 3.22. The lowest BCUT2D eigenvalue weighted by atomic mass is 9.97. The maximum Gasteiger partial charge on any atom is 0.314 e. The first-order chi connectivity index (χ1) is 10.3. The average molecular weight is 286 g/mol. The number of rotatable bonds is 4. The molecule has 0 spiro atoms. The fourth-order valence-electron chi connectivity index (χ4n) is 3.22. The fraction of sp³-hybridized carbons (Fsp3) is 0.471. The number of H-pyrrole nitrogens is 1. The van der Waals surface area contributed by atoms with Crippen molar-refractivity contribution in [1.82, 2.24) is 9.88 Å². The summed E-state index contributed by atoms with van der Waals surface area (Å²) in [5, 5.41) is 1.12. The van der Waals surface area contributed by atoms with Crippen molar-refractivity contribution < 1.29 is 9.53 Å². The van der Waals surface area contributed by atoms with Gasteiger partial charge in [-0.2, -0.15) is 0 Å². The van der Waals surface area contributed by atoms with Crippen molar-refractivity contribution in [2.24, 2.45) is 0 Å². The highest BCUT2D eigenvalue weighted by molar-refractivity contribution is 5.90. The summed E-state index contributed by atoms with van der Waals surface area (Å²) in [6.45, 7) is 2.90. The summed E-state index contributed by atoms with van der Waals surface area (Å²) in [5.74, 6) is -0.366. The Morgan fingerprint density at radius 3 is 2.81 bits per heavy atom. The molecule has 4 heteroatoms. The van der Waals surface area contributed by atoms with E-state index in [2.05, 4.69) is 16.0 Å². The van der Waals surface area contributed by atoms with Crippen molar-refractivity contribution >= 4 is 16.9 Å². The lowest BCUT2D eigenvalue weighted by Gasteiger charge is -2.29. The Morgan fingerprint density at radius 1 is 1.29 bits per heavy atom. The second-order valence-corrected chi connectivity index (χ2v) is 5.73. The molecule has 3 rings (SSSR count). The number of nitrogens with one attached hydrogen (secondary N) is 1. The minimum absolute atomic E-state index is 0.148. The lowest BCUT2D eigenvalue weighted by Crippen LogP contribution is -2.36. The van der Waals surface area contributed by atoms with Gasteiger partial charge in [-0.15, -0.1) is 0 Å². The van der Waals surface area contributed by atoms with Gasteiger partial charge < -0.3 is 14.6 Å². The van der Waals surface area contributed by atoms with Crippen LogP contribution in [0.25, 0.3) is 10.9 Å². The first kappa shape index (κ1) is 14.1. The number of methoxy groups -OCH3 is 1. The third kappa shape index (κ3) is 2.95. The highest BCUT2D eigenvalue weighted by atomic mass is 16.5. The second kappa shape index (κ2) is 6.31. The number of para-hydroxylation sites is 1. The molecule has 1 saturated heterocycles. The number of piperidine rings is 1. The van der Waals surface area contributed by atoms with Gasteiger partial charge in [0.15, 0.2) is 0 Å². The largest absolute Gasteiger partial charge is 0.469 e. The molecule has 0 radical (unpaired) electrons. The van der Waals surface area contributed by atoms with E-state index in [-0.39, 0.29) is 11.9 Å². The minimum atomic E-state index is -0.218. The molecule has 0 saturated carbocycles. The van der Waals surface area contributed by atoms with Crippen molar-refractivity contribution in [2.75, 3.05) is 26.7 Å².